The highest BCUT2D eigenvalue weighted by molar-refractivity contribution is 7.12. The molecular weight excluding hydrogens is 396 g/mol. The molecule has 0 saturated carbocycles. The molecule has 0 aliphatic carbocycles. The van der Waals surface area contributed by atoms with E-state index in [2.05, 4.69) is 31.2 Å². The van der Waals surface area contributed by atoms with Crippen LogP contribution in [0.1, 0.15) is 20.8 Å². The van der Waals surface area contributed by atoms with E-state index in [1.807, 2.05) is 27.3 Å². The monoisotopic (exact) mass is 428 g/mol. The van der Waals surface area contributed by atoms with Crippen LogP contribution < -0.4 is 9.80 Å². The van der Waals surface area contributed by atoms with Crippen molar-refractivity contribution in [2.45, 2.75) is 13.5 Å². The molecular formula is C23H32N4O2S+2. The predicted octanol–water partition coefficient (Wildman–Crippen LogP) is -0.675. The predicted molar refractivity (Wildman–Crippen MR) is 118 cm³/mol. The van der Waals surface area contributed by atoms with E-state index in [1.165, 1.54) is 27.4 Å². The molecule has 30 heavy (non-hydrogen) atoms. The second-order valence-electron chi connectivity index (χ2n) is 8.43. The minimum atomic E-state index is 0.0930. The molecule has 160 valence electrons. The standard InChI is InChI=1S/C23H30N4O2S/c1-19-5-2-3-6-20(19)17-24-8-10-25(11-9-24)18-22(28)26-12-14-27(15-13-26)23(29)21-7-4-16-30-21/h2-7,16H,8-15,17-18H2,1H3/p+2. The third-order valence-electron chi connectivity index (χ3n) is 6.42. The number of carbonyl (C=O) groups is 2. The Kier molecular flexibility index (Phi) is 6.82. The van der Waals surface area contributed by atoms with E-state index in [0.717, 1.165) is 37.6 Å². The highest BCUT2D eigenvalue weighted by atomic mass is 32.1. The Bertz CT molecular complexity index is 854. The summed E-state index contributed by atoms with van der Waals surface area (Å²) in [5.41, 5.74) is 2.80. The van der Waals surface area contributed by atoms with Gasteiger partial charge in [-0.2, -0.15) is 0 Å². The van der Waals surface area contributed by atoms with Gasteiger partial charge in [0.15, 0.2) is 6.54 Å². The van der Waals surface area contributed by atoms with Crippen LogP contribution in [0.15, 0.2) is 41.8 Å². The maximum Gasteiger partial charge on any atom is 0.277 e. The lowest BCUT2D eigenvalue weighted by Crippen LogP contribution is -3.28. The highest BCUT2D eigenvalue weighted by Crippen LogP contribution is 2.13. The Labute approximate surface area is 182 Å². The number of nitrogens with zero attached hydrogens (tertiary/aromatic N) is 2. The Morgan fingerprint density at radius 3 is 2.23 bits per heavy atom. The fourth-order valence-electron chi connectivity index (χ4n) is 4.43. The second kappa shape index (κ2) is 9.73. The van der Waals surface area contributed by atoms with E-state index in [4.69, 9.17) is 0 Å². The fraction of sp³-hybridized carbons (Fsp3) is 0.478. The molecule has 2 saturated heterocycles. The summed E-state index contributed by atoms with van der Waals surface area (Å²) in [4.78, 5) is 32.9. The number of rotatable bonds is 5. The van der Waals surface area contributed by atoms with Crippen LogP contribution in [0.4, 0.5) is 0 Å². The Morgan fingerprint density at radius 1 is 0.900 bits per heavy atom. The molecule has 1 aromatic heterocycles. The first kappa shape index (κ1) is 21.0. The summed E-state index contributed by atoms with van der Waals surface area (Å²) in [7, 11) is 0. The number of benzene rings is 1. The maximum atomic E-state index is 12.8. The molecule has 2 amide bonds. The lowest BCUT2D eigenvalue weighted by Gasteiger charge is -2.36. The summed E-state index contributed by atoms with van der Waals surface area (Å²) in [5.74, 6) is 0.325. The van der Waals surface area contributed by atoms with E-state index in [0.29, 0.717) is 32.7 Å². The average Bonchev–Trinajstić information content (AvgIpc) is 3.31. The topological polar surface area (TPSA) is 49.5 Å². The molecule has 2 aliphatic heterocycles. The molecule has 4 rings (SSSR count). The van der Waals surface area contributed by atoms with Gasteiger partial charge >= 0.3 is 0 Å². The van der Waals surface area contributed by atoms with Crippen molar-refractivity contribution in [2.75, 3.05) is 58.9 Å². The molecule has 6 nitrogen and oxygen atoms in total. The minimum Gasteiger partial charge on any atom is -0.334 e. The van der Waals surface area contributed by atoms with E-state index >= 15 is 0 Å². The molecule has 0 bridgehead atoms. The zero-order valence-corrected chi connectivity index (χ0v) is 18.5. The van der Waals surface area contributed by atoms with Crippen LogP contribution in [0.25, 0.3) is 0 Å². The number of quaternary nitrogens is 2. The van der Waals surface area contributed by atoms with Crippen LogP contribution in [0.3, 0.4) is 0 Å². The Morgan fingerprint density at radius 2 is 1.57 bits per heavy atom. The molecule has 2 aliphatic rings. The number of hydrogen-bond donors (Lipinski definition) is 2. The molecule has 1 aromatic carbocycles. The van der Waals surface area contributed by atoms with Crippen LogP contribution in [0.2, 0.25) is 0 Å². The second-order valence-corrected chi connectivity index (χ2v) is 9.38. The summed E-state index contributed by atoms with van der Waals surface area (Å²) >= 11 is 1.48. The average molecular weight is 429 g/mol. The third-order valence-corrected chi connectivity index (χ3v) is 7.28. The summed E-state index contributed by atoms with van der Waals surface area (Å²) in [6, 6.07) is 12.4. The maximum absolute atomic E-state index is 12.8. The lowest BCUT2D eigenvalue weighted by molar-refractivity contribution is -1.02. The van der Waals surface area contributed by atoms with Gasteiger partial charge in [-0.3, -0.25) is 9.59 Å². The largest absolute Gasteiger partial charge is 0.334 e. The zero-order chi connectivity index (χ0) is 20.9. The van der Waals surface area contributed by atoms with Gasteiger partial charge in [-0.25, -0.2) is 0 Å². The lowest BCUT2D eigenvalue weighted by atomic mass is 10.1. The molecule has 0 atom stereocenters. The molecule has 7 heteroatoms. The summed E-state index contributed by atoms with van der Waals surface area (Å²) in [5, 5.41) is 1.93. The fourth-order valence-corrected chi connectivity index (χ4v) is 5.12. The van der Waals surface area contributed by atoms with Crippen molar-refractivity contribution in [1.29, 1.82) is 0 Å². The normalized spacial score (nSPS) is 22.2. The van der Waals surface area contributed by atoms with E-state index in [9.17, 15) is 9.59 Å². The van der Waals surface area contributed by atoms with Gasteiger partial charge in [0, 0.05) is 31.7 Å². The van der Waals surface area contributed by atoms with Crippen LogP contribution in [-0.2, 0) is 11.3 Å². The smallest absolute Gasteiger partial charge is 0.277 e. The first-order chi connectivity index (χ1) is 14.6. The van der Waals surface area contributed by atoms with E-state index in [1.54, 1.807) is 4.90 Å². The van der Waals surface area contributed by atoms with Crippen LogP contribution >= 0.6 is 11.3 Å². The number of thiophene rings is 1. The Balaban J connectivity index is 1.19. The number of nitrogens with one attached hydrogen (secondary N) is 2. The number of hydrogen-bond acceptors (Lipinski definition) is 3. The third kappa shape index (κ3) is 5.09. The quantitative estimate of drug-likeness (QED) is 0.664. The number of amides is 2. The van der Waals surface area contributed by atoms with Gasteiger partial charge in [0.2, 0.25) is 0 Å². The van der Waals surface area contributed by atoms with Gasteiger partial charge in [0.25, 0.3) is 11.8 Å². The SMILES string of the molecule is Cc1ccccc1C[NH+]1CC[NH+](CC(=O)N2CCN(C(=O)c3cccs3)CC2)CC1. The van der Waals surface area contributed by atoms with Crippen molar-refractivity contribution in [3.8, 4) is 0 Å². The molecule has 2 aromatic rings. The van der Waals surface area contributed by atoms with Gasteiger partial charge in [0.05, 0.1) is 4.88 Å². The van der Waals surface area contributed by atoms with Crippen molar-refractivity contribution in [3.63, 3.8) is 0 Å². The van der Waals surface area contributed by atoms with Crippen LogP contribution in [0.5, 0.6) is 0 Å². The van der Waals surface area contributed by atoms with E-state index < -0.39 is 0 Å². The van der Waals surface area contributed by atoms with Crippen molar-refractivity contribution in [3.05, 3.63) is 57.8 Å². The number of piperazine rings is 2. The summed E-state index contributed by atoms with van der Waals surface area (Å²) < 4.78 is 0. The van der Waals surface area contributed by atoms with Crippen molar-refractivity contribution < 1.29 is 19.4 Å². The summed E-state index contributed by atoms with van der Waals surface area (Å²) in [6.07, 6.45) is 0. The number of aryl methyl sites for hydroxylation is 1. The molecule has 2 fully saturated rings. The van der Waals surface area contributed by atoms with Crippen molar-refractivity contribution >= 4 is 23.2 Å². The molecule has 0 spiro atoms. The van der Waals surface area contributed by atoms with Crippen molar-refractivity contribution in [2.24, 2.45) is 0 Å². The zero-order valence-electron chi connectivity index (χ0n) is 17.7. The van der Waals surface area contributed by atoms with Crippen LogP contribution in [0, 0.1) is 6.92 Å². The molecule has 3 heterocycles. The summed E-state index contributed by atoms with van der Waals surface area (Å²) in [6.45, 7) is 10.7. The van der Waals surface area contributed by atoms with Gasteiger partial charge in [-0.15, -0.1) is 11.3 Å². The highest BCUT2D eigenvalue weighted by Gasteiger charge is 2.30. The van der Waals surface area contributed by atoms with Gasteiger partial charge in [-0.1, -0.05) is 30.3 Å². The molecule has 2 N–H and O–H groups in total. The Hall–Kier alpha value is -2.22. The van der Waals surface area contributed by atoms with Crippen molar-refractivity contribution in [1.82, 2.24) is 9.80 Å². The van der Waals surface area contributed by atoms with Crippen LogP contribution in [-0.4, -0.2) is 80.5 Å². The first-order valence-corrected chi connectivity index (χ1v) is 11.8. The van der Waals surface area contributed by atoms with E-state index in [-0.39, 0.29) is 11.8 Å². The van der Waals surface area contributed by atoms with Gasteiger partial charge in [0.1, 0.15) is 32.7 Å². The molecule has 0 unspecified atom stereocenters. The first-order valence-electron chi connectivity index (χ1n) is 10.9. The minimum absolute atomic E-state index is 0.0930. The van der Waals surface area contributed by atoms with Gasteiger partial charge in [-0.05, 0) is 23.9 Å². The number of carbonyl (C=O) groups excluding carboxylic acids is 2. The van der Waals surface area contributed by atoms with Gasteiger partial charge < -0.3 is 19.6 Å². The molecule has 0 radical (unpaired) electrons.